The first-order valence-electron chi connectivity index (χ1n) is 5.89. The molecule has 0 fully saturated rings. The van der Waals surface area contributed by atoms with Gasteiger partial charge in [-0.15, -0.1) is 0 Å². The Morgan fingerprint density at radius 2 is 1.78 bits per heavy atom. The fourth-order valence-corrected chi connectivity index (χ4v) is 1.56. The third-order valence-corrected chi connectivity index (χ3v) is 2.56. The first-order valence-corrected chi connectivity index (χ1v) is 5.89. The maximum atomic E-state index is 13.7. The van der Waals surface area contributed by atoms with Gasteiger partial charge in [0, 0.05) is 6.07 Å². The number of nitrogens with zero attached hydrogens (tertiary/aromatic N) is 1. The zero-order valence-corrected chi connectivity index (χ0v) is 10.6. The zero-order valence-electron chi connectivity index (χ0n) is 10.6. The van der Waals surface area contributed by atoms with Crippen LogP contribution in [0, 0.1) is 0 Å². The summed E-state index contributed by atoms with van der Waals surface area (Å²) in [4.78, 5) is 4.16. The molecule has 0 N–H and O–H groups in total. The maximum absolute atomic E-state index is 13.7. The van der Waals surface area contributed by atoms with Gasteiger partial charge in [-0.3, -0.25) is 0 Å². The molecule has 2 nitrogen and oxygen atoms in total. The van der Waals surface area contributed by atoms with Crippen LogP contribution in [-0.2, 0) is 12.3 Å². The fourth-order valence-electron chi connectivity index (χ4n) is 1.56. The molecule has 0 radical (unpaired) electrons. The van der Waals surface area contributed by atoms with Crippen LogP contribution in [0.3, 0.4) is 0 Å². The van der Waals surface area contributed by atoms with Crippen LogP contribution in [-0.4, -0.2) is 4.98 Å². The van der Waals surface area contributed by atoms with E-state index in [2.05, 4.69) is 4.98 Å². The smallest absolute Gasteiger partial charge is 0.213 e. The van der Waals surface area contributed by atoms with E-state index in [1.54, 1.807) is 18.2 Å². The van der Waals surface area contributed by atoms with Crippen molar-refractivity contribution in [1.82, 2.24) is 4.98 Å². The van der Waals surface area contributed by atoms with Crippen molar-refractivity contribution in [3.63, 3.8) is 0 Å². The van der Waals surface area contributed by atoms with Gasteiger partial charge >= 0.3 is 0 Å². The van der Waals surface area contributed by atoms with E-state index in [9.17, 15) is 4.39 Å². The van der Waals surface area contributed by atoms with Crippen LogP contribution in [0.2, 0.25) is 0 Å². The Kier molecular flexibility index (Phi) is 3.60. The number of rotatable bonds is 4. The van der Waals surface area contributed by atoms with E-state index in [-0.39, 0.29) is 0 Å². The minimum atomic E-state index is -1.45. The van der Waals surface area contributed by atoms with Gasteiger partial charge in [0.1, 0.15) is 12.3 Å². The van der Waals surface area contributed by atoms with Crippen molar-refractivity contribution >= 4 is 0 Å². The molecule has 0 unspecified atom stereocenters. The fraction of sp³-hybridized carbons (Fsp3) is 0.267. The highest BCUT2D eigenvalue weighted by molar-refractivity contribution is 5.20. The van der Waals surface area contributed by atoms with E-state index in [0.29, 0.717) is 18.2 Å². The predicted molar refractivity (Wildman–Crippen MR) is 69.1 cm³/mol. The maximum Gasteiger partial charge on any atom is 0.213 e. The van der Waals surface area contributed by atoms with Gasteiger partial charge in [0.25, 0.3) is 0 Å². The van der Waals surface area contributed by atoms with Gasteiger partial charge in [-0.05, 0) is 25.5 Å². The van der Waals surface area contributed by atoms with Crippen LogP contribution in [0.5, 0.6) is 5.88 Å². The lowest BCUT2D eigenvalue weighted by Crippen LogP contribution is -2.12. The predicted octanol–water partition coefficient (Wildman–Crippen LogP) is 3.87. The molecule has 3 heteroatoms. The normalized spacial score (nSPS) is 11.3. The monoisotopic (exact) mass is 245 g/mol. The molecule has 1 heterocycles. The van der Waals surface area contributed by atoms with E-state index in [1.807, 2.05) is 30.3 Å². The second-order valence-electron chi connectivity index (χ2n) is 4.61. The highest BCUT2D eigenvalue weighted by Gasteiger charge is 2.20. The Hall–Kier alpha value is -1.90. The van der Waals surface area contributed by atoms with Gasteiger partial charge in [0.2, 0.25) is 5.88 Å². The van der Waals surface area contributed by atoms with Crippen molar-refractivity contribution in [2.45, 2.75) is 26.1 Å². The lowest BCUT2D eigenvalue weighted by molar-refractivity contribution is 0.209. The minimum Gasteiger partial charge on any atom is -0.473 e. The summed E-state index contributed by atoms with van der Waals surface area (Å²) in [6.07, 6.45) is 0. The number of aromatic nitrogens is 1. The number of hydrogen-bond acceptors (Lipinski definition) is 2. The standard InChI is InChI=1S/C15H16FNO/c1-15(2,16)13-9-6-10-14(17-13)18-11-12-7-4-3-5-8-12/h3-10H,11H2,1-2H3. The number of alkyl halides is 1. The van der Waals surface area contributed by atoms with E-state index < -0.39 is 5.67 Å². The number of hydrogen-bond donors (Lipinski definition) is 0. The molecule has 0 aliphatic heterocycles. The summed E-state index contributed by atoms with van der Waals surface area (Å²) in [6, 6.07) is 15.0. The SMILES string of the molecule is CC(C)(F)c1cccc(OCc2ccccc2)n1. The third kappa shape index (κ3) is 3.29. The van der Waals surface area contributed by atoms with Crippen LogP contribution in [0.4, 0.5) is 4.39 Å². The van der Waals surface area contributed by atoms with E-state index in [4.69, 9.17) is 4.74 Å². The average Bonchev–Trinajstić information content (AvgIpc) is 2.37. The van der Waals surface area contributed by atoms with Crippen molar-refractivity contribution in [1.29, 1.82) is 0 Å². The highest BCUT2D eigenvalue weighted by atomic mass is 19.1. The second kappa shape index (κ2) is 5.17. The lowest BCUT2D eigenvalue weighted by atomic mass is 10.1. The first-order chi connectivity index (χ1) is 8.55. The van der Waals surface area contributed by atoms with E-state index in [1.165, 1.54) is 13.8 Å². The van der Waals surface area contributed by atoms with Crippen molar-refractivity contribution in [3.8, 4) is 5.88 Å². The summed E-state index contributed by atoms with van der Waals surface area (Å²) in [5.41, 5.74) is -0.0103. The highest BCUT2D eigenvalue weighted by Crippen LogP contribution is 2.24. The Morgan fingerprint density at radius 3 is 2.44 bits per heavy atom. The summed E-state index contributed by atoms with van der Waals surface area (Å²) in [5.74, 6) is 0.446. The number of ether oxygens (including phenoxy) is 1. The molecule has 2 aromatic rings. The number of pyridine rings is 1. The van der Waals surface area contributed by atoms with Gasteiger partial charge in [-0.1, -0.05) is 36.4 Å². The van der Waals surface area contributed by atoms with E-state index in [0.717, 1.165) is 5.56 Å². The molecule has 1 aromatic carbocycles. The molecule has 0 spiro atoms. The molecule has 0 aliphatic rings. The molecular formula is C15H16FNO. The Labute approximate surface area is 106 Å². The molecule has 0 atom stereocenters. The molecule has 0 saturated heterocycles. The van der Waals surface area contributed by atoms with Gasteiger partial charge in [-0.25, -0.2) is 9.37 Å². The molecule has 0 aliphatic carbocycles. The van der Waals surface area contributed by atoms with Crippen LogP contribution >= 0.6 is 0 Å². The molecule has 0 bridgehead atoms. The molecule has 94 valence electrons. The second-order valence-corrected chi connectivity index (χ2v) is 4.61. The van der Waals surface area contributed by atoms with Crippen molar-refractivity contribution < 1.29 is 9.13 Å². The Balaban J connectivity index is 2.06. The summed E-state index contributed by atoms with van der Waals surface area (Å²) < 4.78 is 19.3. The summed E-state index contributed by atoms with van der Waals surface area (Å²) in [6.45, 7) is 3.40. The van der Waals surface area contributed by atoms with Crippen LogP contribution in [0.25, 0.3) is 0 Å². The first kappa shape index (κ1) is 12.6. The molecule has 1 aromatic heterocycles. The Bertz CT molecular complexity index is 505. The summed E-state index contributed by atoms with van der Waals surface area (Å²) in [7, 11) is 0. The van der Waals surface area contributed by atoms with Gasteiger partial charge in [-0.2, -0.15) is 0 Å². The van der Waals surface area contributed by atoms with Crippen LogP contribution in [0.1, 0.15) is 25.1 Å². The van der Waals surface area contributed by atoms with Crippen LogP contribution < -0.4 is 4.74 Å². The summed E-state index contributed by atoms with van der Waals surface area (Å²) >= 11 is 0. The zero-order chi connectivity index (χ0) is 13.0. The number of halogens is 1. The number of benzene rings is 1. The molecule has 0 amide bonds. The molecular weight excluding hydrogens is 229 g/mol. The van der Waals surface area contributed by atoms with Gasteiger partial charge in [0.05, 0.1) is 5.69 Å². The van der Waals surface area contributed by atoms with Crippen molar-refractivity contribution in [2.75, 3.05) is 0 Å². The topological polar surface area (TPSA) is 22.1 Å². The molecule has 0 saturated carbocycles. The largest absolute Gasteiger partial charge is 0.473 e. The van der Waals surface area contributed by atoms with Gasteiger partial charge < -0.3 is 4.74 Å². The Morgan fingerprint density at radius 1 is 1.06 bits per heavy atom. The molecule has 2 rings (SSSR count). The quantitative estimate of drug-likeness (QED) is 0.815. The van der Waals surface area contributed by atoms with Gasteiger partial charge in [0.15, 0.2) is 0 Å². The van der Waals surface area contributed by atoms with Crippen molar-refractivity contribution in [3.05, 3.63) is 59.8 Å². The summed E-state index contributed by atoms with van der Waals surface area (Å²) in [5, 5.41) is 0. The van der Waals surface area contributed by atoms with Crippen LogP contribution in [0.15, 0.2) is 48.5 Å². The lowest BCUT2D eigenvalue weighted by Gasteiger charge is -2.14. The van der Waals surface area contributed by atoms with Crippen molar-refractivity contribution in [2.24, 2.45) is 0 Å². The molecule has 18 heavy (non-hydrogen) atoms. The average molecular weight is 245 g/mol. The minimum absolute atomic E-state index is 0.382. The third-order valence-electron chi connectivity index (χ3n) is 2.56. The van der Waals surface area contributed by atoms with E-state index >= 15 is 0 Å².